The number of carbonyl (C=O) groups excluding carboxylic acids is 1. The van der Waals surface area contributed by atoms with E-state index in [9.17, 15) is 4.79 Å². The van der Waals surface area contributed by atoms with Crippen molar-refractivity contribution in [1.29, 1.82) is 0 Å². The molecule has 1 aliphatic heterocycles. The summed E-state index contributed by atoms with van der Waals surface area (Å²) in [6.07, 6.45) is 1.48. The van der Waals surface area contributed by atoms with Crippen LogP contribution in [0.3, 0.4) is 0 Å². The van der Waals surface area contributed by atoms with Crippen molar-refractivity contribution in [3.8, 4) is 0 Å². The van der Waals surface area contributed by atoms with Crippen molar-refractivity contribution in [2.24, 2.45) is 5.92 Å². The Morgan fingerprint density at radius 2 is 2.00 bits per heavy atom. The van der Waals surface area contributed by atoms with E-state index in [-0.39, 0.29) is 11.9 Å². The molecule has 1 aromatic carbocycles. The van der Waals surface area contributed by atoms with E-state index in [0.29, 0.717) is 17.5 Å². The molecule has 1 aliphatic rings. The quantitative estimate of drug-likeness (QED) is 0.785. The Hall–Kier alpha value is -1.42. The van der Waals surface area contributed by atoms with Crippen LogP contribution in [0.2, 0.25) is 0 Å². The maximum absolute atomic E-state index is 12.7. The minimum Gasteiger partial charge on any atom is -0.462 e. The topological polar surface area (TPSA) is 29.5 Å². The molecule has 2 rings (SSSR count). The van der Waals surface area contributed by atoms with Gasteiger partial charge in [0.25, 0.3) is 5.17 Å². The smallest absolute Gasteiger partial charge is 0.267 e. The molecule has 114 valence electrons. The molecule has 1 aromatic rings. The Morgan fingerprint density at radius 1 is 1.38 bits per heavy atom. The number of hydrogen-bond acceptors (Lipinski definition) is 3. The highest BCUT2D eigenvalue weighted by atomic mass is 32.1. The summed E-state index contributed by atoms with van der Waals surface area (Å²) in [5.41, 5.74) is 0.545. The van der Waals surface area contributed by atoms with Crippen molar-refractivity contribution >= 4 is 23.3 Å². The number of hydrogen-bond donors (Lipinski definition) is 0. The van der Waals surface area contributed by atoms with Crippen LogP contribution in [0.4, 0.5) is 0 Å². The van der Waals surface area contributed by atoms with Crippen molar-refractivity contribution in [2.45, 2.75) is 52.2 Å². The number of ether oxygens (including phenoxy) is 1. The normalized spacial score (nSPS) is 22.0. The van der Waals surface area contributed by atoms with E-state index in [0.717, 1.165) is 12.0 Å². The van der Waals surface area contributed by atoms with Crippen LogP contribution in [0.25, 0.3) is 0 Å². The van der Waals surface area contributed by atoms with Gasteiger partial charge in [0.05, 0.1) is 0 Å². The first-order valence-electron chi connectivity index (χ1n) is 7.46. The van der Waals surface area contributed by atoms with E-state index < -0.39 is 5.60 Å². The van der Waals surface area contributed by atoms with Crippen molar-refractivity contribution in [3.05, 3.63) is 35.9 Å². The fraction of sp³-hybridized carbons (Fsp3) is 0.529. The summed E-state index contributed by atoms with van der Waals surface area (Å²) in [4.78, 5) is 14.3. The Morgan fingerprint density at radius 3 is 2.57 bits per heavy atom. The van der Waals surface area contributed by atoms with E-state index in [2.05, 4.69) is 13.8 Å². The Balaban J connectivity index is 2.33. The Bertz CT molecular complexity index is 527. The van der Waals surface area contributed by atoms with Crippen molar-refractivity contribution < 1.29 is 9.53 Å². The van der Waals surface area contributed by atoms with Gasteiger partial charge in [0, 0.05) is 6.42 Å². The van der Waals surface area contributed by atoms with Crippen LogP contribution in [0, 0.1) is 5.92 Å². The lowest BCUT2D eigenvalue weighted by atomic mass is 9.91. The molecule has 1 fully saturated rings. The maximum atomic E-state index is 12.7. The monoisotopic (exact) mass is 305 g/mol. The van der Waals surface area contributed by atoms with E-state index in [1.807, 2.05) is 44.2 Å². The fourth-order valence-corrected chi connectivity index (χ4v) is 3.14. The zero-order valence-electron chi connectivity index (χ0n) is 13.1. The first-order valence-corrected chi connectivity index (χ1v) is 7.87. The third kappa shape index (κ3) is 3.26. The molecule has 0 bridgehead atoms. The van der Waals surface area contributed by atoms with Crippen LogP contribution in [0.1, 0.15) is 52.1 Å². The van der Waals surface area contributed by atoms with Gasteiger partial charge in [-0.15, -0.1) is 0 Å². The Labute approximate surface area is 132 Å². The van der Waals surface area contributed by atoms with Crippen molar-refractivity contribution in [1.82, 2.24) is 4.90 Å². The van der Waals surface area contributed by atoms with Gasteiger partial charge in [-0.05, 0) is 37.5 Å². The van der Waals surface area contributed by atoms with Gasteiger partial charge in [-0.1, -0.05) is 50.6 Å². The van der Waals surface area contributed by atoms with Crippen molar-refractivity contribution in [2.75, 3.05) is 0 Å². The van der Waals surface area contributed by atoms with E-state index in [1.54, 1.807) is 4.90 Å². The lowest BCUT2D eigenvalue weighted by Crippen LogP contribution is -2.38. The highest BCUT2D eigenvalue weighted by Gasteiger charge is 2.49. The molecule has 0 unspecified atom stereocenters. The molecule has 0 aromatic heterocycles. The molecule has 1 amide bonds. The summed E-state index contributed by atoms with van der Waals surface area (Å²) in [7, 11) is 0. The van der Waals surface area contributed by atoms with Crippen LogP contribution >= 0.6 is 12.2 Å². The summed E-state index contributed by atoms with van der Waals surface area (Å²) in [5.74, 6) is 0.397. The molecule has 0 radical (unpaired) electrons. The zero-order chi connectivity index (χ0) is 15.6. The third-order valence-corrected chi connectivity index (χ3v) is 4.35. The molecule has 2 atom stereocenters. The lowest BCUT2D eigenvalue weighted by molar-refractivity contribution is -0.130. The van der Waals surface area contributed by atoms with Crippen LogP contribution in [-0.2, 0) is 9.53 Å². The summed E-state index contributed by atoms with van der Waals surface area (Å²) in [6, 6.07) is 9.80. The predicted molar refractivity (Wildman–Crippen MR) is 87.9 cm³/mol. The first kappa shape index (κ1) is 16.0. The van der Waals surface area contributed by atoms with Crippen LogP contribution in [0.5, 0.6) is 0 Å². The summed E-state index contributed by atoms with van der Waals surface area (Å²) < 4.78 is 5.80. The minimum atomic E-state index is -0.510. The second-order valence-corrected chi connectivity index (χ2v) is 6.62. The lowest BCUT2D eigenvalue weighted by Gasteiger charge is -2.29. The zero-order valence-corrected chi connectivity index (χ0v) is 13.9. The van der Waals surface area contributed by atoms with Crippen LogP contribution in [-0.4, -0.2) is 21.6 Å². The summed E-state index contributed by atoms with van der Waals surface area (Å²) in [5, 5.41) is 0.294. The molecule has 1 heterocycles. The maximum Gasteiger partial charge on any atom is 0.267 e. The van der Waals surface area contributed by atoms with Gasteiger partial charge in [-0.3, -0.25) is 9.69 Å². The summed E-state index contributed by atoms with van der Waals surface area (Å²) >= 11 is 5.31. The predicted octanol–water partition coefficient (Wildman–Crippen LogP) is 4.09. The van der Waals surface area contributed by atoms with Gasteiger partial charge in [-0.2, -0.15) is 0 Å². The second-order valence-electron chi connectivity index (χ2n) is 6.27. The highest BCUT2D eigenvalue weighted by Crippen LogP contribution is 2.41. The molecule has 1 saturated heterocycles. The highest BCUT2D eigenvalue weighted by molar-refractivity contribution is 7.80. The number of carbonyl (C=O) groups is 1. The molecular weight excluding hydrogens is 282 g/mol. The average Bonchev–Trinajstić information content (AvgIpc) is 2.68. The molecule has 4 heteroatoms. The molecule has 0 N–H and O–H groups in total. The van der Waals surface area contributed by atoms with Crippen LogP contribution < -0.4 is 0 Å². The first-order chi connectivity index (χ1) is 9.86. The van der Waals surface area contributed by atoms with E-state index >= 15 is 0 Å². The molecule has 0 aliphatic carbocycles. The van der Waals surface area contributed by atoms with Gasteiger partial charge in [0.15, 0.2) is 0 Å². The number of nitrogens with zero attached hydrogens (tertiary/aromatic N) is 1. The number of benzene rings is 1. The molecule has 0 saturated carbocycles. The molecule has 3 nitrogen and oxygen atoms in total. The van der Waals surface area contributed by atoms with E-state index in [4.69, 9.17) is 17.0 Å². The van der Waals surface area contributed by atoms with E-state index in [1.165, 1.54) is 0 Å². The number of thiocarbonyl (C=S) groups is 1. The fourth-order valence-electron chi connectivity index (χ4n) is 2.72. The number of rotatable bonds is 4. The van der Waals surface area contributed by atoms with Gasteiger partial charge < -0.3 is 4.74 Å². The molecular formula is C17H23NO2S. The minimum absolute atomic E-state index is 0.0498. The largest absolute Gasteiger partial charge is 0.462 e. The van der Waals surface area contributed by atoms with Gasteiger partial charge in [-0.25, -0.2) is 0 Å². The molecule has 21 heavy (non-hydrogen) atoms. The average molecular weight is 305 g/mol. The van der Waals surface area contributed by atoms with Gasteiger partial charge in [0.2, 0.25) is 5.91 Å². The standard InChI is InChI=1S/C17H23NO2S/c1-5-12(2)11-14(19)18-15(13-9-7-6-8-10-13)17(3,4)20-16(18)21/h6-10,12,15H,5,11H2,1-4H3/t12-,15-/m1/s1. The van der Waals surface area contributed by atoms with Gasteiger partial charge in [0.1, 0.15) is 11.6 Å². The second kappa shape index (κ2) is 6.14. The van der Waals surface area contributed by atoms with Crippen molar-refractivity contribution in [3.63, 3.8) is 0 Å². The number of amides is 1. The van der Waals surface area contributed by atoms with Crippen LogP contribution in [0.15, 0.2) is 30.3 Å². The summed E-state index contributed by atoms with van der Waals surface area (Å²) in [6.45, 7) is 8.14. The molecule has 0 spiro atoms. The Kier molecular flexibility index (Phi) is 4.67. The SMILES string of the molecule is CC[C@@H](C)CC(=O)N1C(=S)OC(C)(C)[C@H]1c1ccccc1. The van der Waals surface area contributed by atoms with Gasteiger partial charge >= 0.3 is 0 Å². The third-order valence-electron chi connectivity index (χ3n) is 4.07.